The highest BCUT2D eigenvalue weighted by atomic mass is 19.4. The molecule has 0 spiro atoms. The Balaban J connectivity index is 0. The van der Waals surface area contributed by atoms with Gasteiger partial charge in [0.2, 0.25) is 0 Å². The number of hydrogen-bond acceptors (Lipinski definition) is 2. The van der Waals surface area contributed by atoms with Gasteiger partial charge in [0.15, 0.2) is 0 Å². The summed E-state index contributed by atoms with van der Waals surface area (Å²) in [4.78, 5) is 0. The van der Waals surface area contributed by atoms with Crippen LogP contribution in [0, 0.1) is 0 Å². The lowest BCUT2D eigenvalue weighted by Crippen LogP contribution is -2.39. The third-order valence-electron chi connectivity index (χ3n) is 1.14. The summed E-state index contributed by atoms with van der Waals surface area (Å²) in [6, 6.07) is 0. The van der Waals surface area contributed by atoms with Crippen LogP contribution in [0.5, 0.6) is 0 Å². The fourth-order valence-corrected chi connectivity index (χ4v) is 0.159. The van der Waals surface area contributed by atoms with Gasteiger partial charge in [-0.3, -0.25) is 0 Å². The van der Waals surface area contributed by atoms with E-state index in [4.69, 9.17) is 10.2 Å². The first kappa shape index (κ1) is 18.6. The first-order valence-electron chi connectivity index (χ1n) is 3.64. The second-order valence-corrected chi connectivity index (χ2v) is 2.58. The minimum absolute atomic E-state index is 1.80. The molecule has 0 fully saturated rings. The van der Waals surface area contributed by atoms with E-state index in [9.17, 15) is 39.5 Å². The fraction of sp³-hybridized carbons (Fsp3) is 1.00. The molecule has 0 saturated carbocycles. The smallest absolute Gasteiger partial charge is 0.390 e. The average Bonchev–Trinajstić information content (AvgIpc) is 2.16. The SMILES string of the molecule is OCC(F)(F)C(F)(F)F.OCC(F)(F)C(F)F. The topological polar surface area (TPSA) is 40.5 Å². The minimum atomic E-state index is -5.64. The van der Waals surface area contributed by atoms with Gasteiger partial charge in [-0.05, 0) is 0 Å². The predicted octanol–water partition coefficient (Wildman–Crippen LogP) is 2.06. The lowest BCUT2D eigenvalue weighted by Gasteiger charge is -2.15. The molecule has 0 aromatic heterocycles. The highest BCUT2D eigenvalue weighted by Crippen LogP contribution is 2.34. The third kappa shape index (κ3) is 6.56. The van der Waals surface area contributed by atoms with E-state index < -0.39 is 37.7 Å². The Morgan fingerprint density at radius 2 is 1.12 bits per heavy atom. The Morgan fingerprint density at radius 1 is 0.765 bits per heavy atom. The molecule has 0 heterocycles. The molecule has 11 heteroatoms. The van der Waals surface area contributed by atoms with E-state index >= 15 is 0 Å². The fourth-order valence-electron chi connectivity index (χ4n) is 0.159. The van der Waals surface area contributed by atoms with E-state index in [0.29, 0.717) is 0 Å². The molecule has 0 radical (unpaired) electrons. The maximum Gasteiger partial charge on any atom is 0.455 e. The van der Waals surface area contributed by atoms with Crippen molar-refractivity contribution >= 4 is 0 Å². The molecule has 0 aliphatic rings. The first-order chi connectivity index (χ1) is 7.31. The van der Waals surface area contributed by atoms with Crippen molar-refractivity contribution in [2.24, 2.45) is 0 Å². The molecule has 0 aliphatic carbocycles. The van der Waals surface area contributed by atoms with Crippen LogP contribution in [-0.2, 0) is 0 Å². The summed E-state index contributed by atoms with van der Waals surface area (Å²) in [6.07, 6.45) is -9.41. The first-order valence-corrected chi connectivity index (χ1v) is 3.64. The van der Waals surface area contributed by atoms with E-state index in [1.807, 2.05) is 0 Å². The Kier molecular flexibility index (Phi) is 6.89. The number of alkyl halides is 9. The van der Waals surface area contributed by atoms with Gasteiger partial charge in [-0.15, -0.1) is 0 Å². The highest BCUT2D eigenvalue weighted by molar-refractivity contribution is 4.73. The van der Waals surface area contributed by atoms with Crippen LogP contribution in [0.3, 0.4) is 0 Å². The van der Waals surface area contributed by atoms with Crippen LogP contribution in [0.25, 0.3) is 0 Å². The third-order valence-corrected chi connectivity index (χ3v) is 1.14. The van der Waals surface area contributed by atoms with Gasteiger partial charge in [0.05, 0.1) is 0 Å². The van der Waals surface area contributed by atoms with Gasteiger partial charge in [0, 0.05) is 0 Å². The van der Waals surface area contributed by atoms with Gasteiger partial charge in [-0.25, -0.2) is 8.78 Å². The Morgan fingerprint density at radius 3 is 1.12 bits per heavy atom. The number of hydrogen-bond donors (Lipinski definition) is 2. The highest BCUT2D eigenvalue weighted by Gasteiger charge is 2.56. The van der Waals surface area contributed by atoms with Crippen molar-refractivity contribution in [2.75, 3.05) is 13.2 Å². The molecule has 0 aromatic rings. The van der Waals surface area contributed by atoms with Gasteiger partial charge in [0.25, 0.3) is 0 Å². The number of aliphatic hydroxyl groups is 2. The van der Waals surface area contributed by atoms with Crippen molar-refractivity contribution in [3.8, 4) is 0 Å². The molecule has 0 saturated heterocycles. The molecule has 0 atom stereocenters. The average molecular weight is 282 g/mol. The van der Waals surface area contributed by atoms with Gasteiger partial charge < -0.3 is 10.2 Å². The quantitative estimate of drug-likeness (QED) is 0.778. The zero-order valence-corrected chi connectivity index (χ0v) is 7.79. The normalized spacial score (nSPS) is 13.4. The van der Waals surface area contributed by atoms with E-state index in [1.165, 1.54) is 0 Å². The molecule has 0 aromatic carbocycles. The molecule has 106 valence electrons. The number of rotatable bonds is 3. The summed E-state index contributed by atoms with van der Waals surface area (Å²) in [6.45, 7) is -4.00. The molecule has 0 rings (SSSR count). The van der Waals surface area contributed by atoms with Gasteiger partial charge in [-0.1, -0.05) is 0 Å². The summed E-state index contributed by atoms with van der Waals surface area (Å²) in [5.41, 5.74) is 0. The molecule has 0 bridgehead atoms. The Labute approximate surface area is 88.6 Å². The Bertz CT molecular complexity index is 212. The zero-order chi connectivity index (χ0) is 14.5. The van der Waals surface area contributed by atoms with E-state index in [-0.39, 0.29) is 0 Å². The second-order valence-electron chi connectivity index (χ2n) is 2.58. The summed E-state index contributed by atoms with van der Waals surface area (Å²) < 4.78 is 99.7. The molecular formula is C6H7F9O2. The molecule has 2 N–H and O–H groups in total. The zero-order valence-electron chi connectivity index (χ0n) is 7.79. The van der Waals surface area contributed by atoms with Gasteiger partial charge in [-0.2, -0.15) is 30.7 Å². The predicted molar refractivity (Wildman–Crippen MR) is 36.1 cm³/mol. The van der Waals surface area contributed by atoms with Crippen molar-refractivity contribution in [1.29, 1.82) is 0 Å². The molecular weight excluding hydrogens is 275 g/mol. The van der Waals surface area contributed by atoms with Crippen molar-refractivity contribution in [1.82, 2.24) is 0 Å². The van der Waals surface area contributed by atoms with Crippen LogP contribution < -0.4 is 0 Å². The Hall–Kier alpha value is -0.710. The summed E-state index contributed by atoms with van der Waals surface area (Å²) in [5, 5.41) is 15.0. The van der Waals surface area contributed by atoms with Gasteiger partial charge in [0.1, 0.15) is 13.2 Å². The van der Waals surface area contributed by atoms with Crippen molar-refractivity contribution in [3.05, 3.63) is 0 Å². The summed E-state index contributed by atoms with van der Waals surface area (Å²) >= 11 is 0. The van der Waals surface area contributed by atoms with Crippen molar-refractivity contribution in [3.63, 3.8) is 0 Å². The lowest BCUT2D eigenvalue weighted by atomic mass is 10.3. The van der Waals surface area contributed by atoms with E-state index in [2.05, 4.69) is 0 Å². The number of aliphatic hydroxyl groups excluding tert-OH is 2. The molecule has 2 nitrogen and oxygen atoms in total. The van der Waals surface area contributed by atoms with Crippen molar-refractivity contribution in [2.45, 2.75) is 24.4 Å². The second kappa shape index (κ2) is 6.28. The molecule has 0 aliphatic heterocycles. The van der Waals surface area contributed by atoms with Crippen molar-refractivity contribution < 1.29 is 49.7 Å². The standard InChI is InChI=1S/C3H3F5O.C3H4F4O/c4-2(5,1-9)3(6,7)8;4-2(5)3(6,7)1-8/h9H,1H2;2,8H,1H2. The monoisotopic (exact) mass is 282 g/mol. The van der Waals surface area contributed by atoms with Crippen LogP contribution >= 0.6 is 0 Å². The van der Waals surface area contributed by atoms with Crippen LogP contribution in [0.2, 0.25) is 0 Å². The van der Waals surface area contributed by atoms with Crippen LogP contribution in [0.15, 0.2) is 0 Å². The minimum Gasteiger partial charge on any atom is -0.390 e. The maximum absolute atomic E-state index is 11.3. The lowest BCUT2D eigenvalue weighted by molar-refractivity contribution is -0.292. The van der Waals surface area contributed by atoms with Gasteiger partial charge >= 0.3 is 24.4 Å². The maximum atomic E-state index is 11.3. The van der Waals surface area contributed by atoms with E-state index in [1.54, 1.807) is 0 Å². The van der Waals surface area contributed by atoms with Crippen LogP contribution in [0.1, 0.15) is 0 Å². The molecule has 0 amide bonds. The summed E-state index contributed by atoms with van der Waals surface area (Å²) in [5.74, 6) is -9.20. The molecule has 17 heavy (non-hydrogen) atoms. The number of halogens is 9. The van der Waals surface area contributed by atoms with Crippen LogP contribution in [0.4, 0.5) is 39.5 Å². The van der Waals surface area contributed by atoms with Crippen LogP contribution in [-0.4, -0.2) is 47.9 Å². The molecule has 0 unspecified atom stereocenters. The largest absolute Gasteiger partial charge is 0.455 e. The van der Waals surface area contributed by atoms with E-state index in [0.717, 1.165) is 0 Å². The summed E-state index contributed by atoms with van der Waals surface area (Å²) in [7, 11) is 0.